The van der Waals surface area contributed by atoms with Gasteiger partial charge in [-0.15, -0.1) is 0 Å². The van der Waals surface area contributed by atoms with Gasteiger partial charge in [0.1, 0.15) is 0 Å². The van der Waals surface area contributed by atoms with E-state index in [0.717, 1.165) is 37.0 Å². The van der Waals surface area contributed by atoms with E-state index in [0.29, 0.717) is 10.8 Å². The largest absolute Gasteiger partial charge is 0.481 e. The van der Waals surface area contributed by atoms with Gasteiger partial charge in [-0.2, -0.15) is 0 Å². The number of allylic oxidation sites excluding steroid dienone is 2. The third-order valence-corrected chi connectivity index (χ3v) is 8.23. The second kappa shape index (κ2) is 4.85. The molecule has 4 rings (SSSR count). The third-order valence-electron chi connectivity index (χ3n) is 8.23. The molecule has 2 heteroatoms. The summed E-state index contributed by atoms with van der Waals surface area (Å²) in [6.45, 7) is 5.01. The molecule has 4 aliphatic rings. The van der Waals surface area contributed by atoms with Crippen molar-refractivity contribution in [3.63, 3.8) is 0 Å². The molecule has 122 valence electrons. The maximum absolute atomic E-state index is 11.4. The summed E-state index contributed by atoms with van der Waals surface area (Å²) >= 11 is 0. The van der Waals surface area contributed by atoms with Crippen LogP contribution < -0.4 is 0 Å². The van der Waals surface area contributed by atoms with Crippen molar-refractivity contribution in [1.29, 1.82) is 0 Å². The number of carbonyl (C=O) groups is 1. The number of rotatable bonds is 1. The molecule has 0 amide bonds. The molecule has 0 aromatic heterocycles. The summed E-state index contributed by atoms with van der Waals surface area (Å²) in [5.74, 6) is 1.90. The van der Waals surface area contributed by atoms with Gasteiger partial charge in [0, 0.05) is 0 Å². The van der Waals surface area contributed by atoms with E-state index >= 15 is 0 Å². The van der Waals surface area contributed by atoms with Crippen LogP contribution in [-0.2, 0) is 4.79 Å². The Balaban J connectivity index is 1.64. The lowest BCUT2D eigenvalue weighted by Crippen LogP contribution is -2.49. The van der Waals surface area contributed by atoms with Crippen molar-refractivity contribution in [3.05, 3.63) is 11.6 Å². The van der Waals surface area contributed by atoms with Crippen molar-refractivity contribution in [3.8, 4) is 0 Å². The highest BCUT2D eigenvalue weighted by molar-refractivity contribution is 5.70. The van der Waals surface area contributed by atoms with E-state index in [1.807, 2.05) is 0 Å². The molecule has 0 aromatic rings. The van der Waals surface area contributed by atoms with Gasteiger partial charge in [-0.3, -0.25) is 4.79 Å². The predicted molar refractivity (Wildman–Crippen MR) is 87.4 cm³/mol. The first-order valence-electron chi connectivity index (χ1n) is 9.36. The Morgan fingerprint density at radius 3 is 2.73 bits per heavy atom. The highest BCUT2D eigenvalue weighted by atomic mass is 16.4. The molecule has 0 radical (unpaired) electrons. The maximum Gasteiger partial charge on any atom is 0.306 e. The lowest BCUT2D eigenvalue weighted by Gasteiger charge is -2.57. The standard InChI is InChI=1S/C20H30O2/c1-19-9-3-4-16(19)15-6-5-14-12-13(18(21)22)7-11-20(14,2)17(15)8-10-19/h5,13,15-17H,3-4,6-12H2,1-2H3,(H,21,22)/t13-,15-,16-,17-,19-,20-/m0/s1. The number of carboxylic acids is 1. The van der Waals surface area contributed by atoms with Crippen LogP contribution in [0.3, 0.4) is 0 Å². The Hall–Kier alpha value is -0.790. The maximum atomic E-state index is 11.4. The van der Waals surface area contributed by atoms with Gasteiger partial charge in [0.2, 0.25) is 0 Å². The fourth-order valence-corrected chi connectivity index (χ4v) is 6.86. The molecule has 3 fully saturated rings. The van der Waals surface area contributed by atoms with Crippen LogP contribution >= 0.6 is 0 Å². The molecule has 0 saturated heterocycles. The second-order valence-corrected chi connectivity index (χ2v) is 9.12. The van der Waals surface area contributed by atoms with Gasteiger partial charge in [0.25, 0.3) is 0 Å². The highest BCUT2D eigenvalue weighted by Gasteiger charge is 2.56. The molecular weight excluding hydrogens is 272 g/mol. The number of carboxylic acid groups (broad SMARTS) is 1. The summed E-state index contributed by atoms with van der Waals surface area (Å²) in [4.78, 5) is 11.4. The monoisotopic (exact) mass is 302 g/mol. The van der Waals surface area contributed by atoms with Gasteiger partial charge in [-0.05, 0) is 80.0 Å². The summed E-state index contributed by atoms with van der Waals surface area (Å²) in [5.41, 5.74) is 2.41. The van der Waals surface area contributed by atoms with Crippen molar-refractivity contribution in [1.82, 2.24) is 0 Å². The molecule has 0 heterocycles. The Morgan fingerprint density at radius 2 is 1.95 bits per heavy atom. The molecular formula is C20H30O2. The Kier molecular flexibility index (Phi) is 3.26. The second-order valence-electron chi connectivity index (χ2n) is 9.12. The van der Waals surface area contributed by atoms with Gasteiger partial charge in [0.15, 0.2) is 0 Å². The van der Waals surface area contributed by atoms with Gasteiger partial charge >= 0.3 is 5.97 Å². The van der Waals surface area contributed by atoms with Crippen LogP contribution in [0.5, 0.6) is 0 Å². The zero-order valence-electron chi connectivity index (χ0n) is 14.1. The van der Waals surface area contributed by atoms with Crippen molar-refractivity contribution in [2.24, 2.45) is 34.5 Å². The first kappa shape index (κ1) is 14.8. The molecule has 6 atom stereocenters. The molecule has 4 aliphatic carbocycles. The molecule has 3 saturated carbocycles. The summed E-state index contributed by atoms with van der Waals surface area (Å²) in [5, 5.41) is 9.37. The van der Waals surface area contributed by atoms with E-state index in [1.54, 1.807) is 0 Å². The highest BCUT2D eigenvalue weighted by Crippen LogP contribution is 2.65. The van der Waals surface area contributed by atoms with E-state index < -0.39 is 5.97 Å². The molecule has 2 nitrogen and oxygen atoms in total. The van der Waals surface area contributed by atoms with Gasteiger partial charge in [-0.25, -0.2) is 0 Å². The first-order valence-corrected chi connectivity index (χ1v) is 9.36. The third kappa shape index (κ3) is 1.95. The molecule has 0 unspecified atom stereocenters. The van der Waals surface area contributed by atoms with Crippen LogP contribution in [0.25, 0.3) is 0 Å². The topological polar surface area (TPSA) is 37.3 Å². The lowest BCUT2D eigenvalue weighted by molar-refractivity contribution is -0.143. The predicted octanol–water partition coefficient (Wildman–Crippen LogP) is 5.04. The van der Waals surface area contributed by atoms with Gasteiger partial charge in [0.05, 0.1) is 5.92 Å². The van der Waals surface area contributed by atoms with Crippen molar-refractivity contribution >= 4 is 5.97 Å². The number of fused-ring (bicyclic) bond motifs is 5. The van der Waals surface area contributed by atoms with Crippen molar-refractivity contribution in [2.75, 3.05) is 0 Å². The SMILES string of the molecule is C[C@@]12CCC[C@H]1[C@@H]1CC=C3C[C@@H](C(=O)O)CC[C@]3(C)[C@H]1CC2. The Labute approximate surface area is 134 Å². The molecule has 0 bridgehead atoms. The summed E-state index contributed by atoms with van der Waals surface area (Å²) in [6.07, 6.45) is 13.6. The molecule has 0 aliphatic heterocycles. The van der Waals surface area contributed by atoms with E-state index in [-0.39, 0.29) is 5.92 Å². The van der Waals surface area contributed by atoms with Crippen LogP contribution in [0.1, 0.15) is 71.6 Å². The van der Waals surface area contributed by atoms with E-state index in [1.165, 1.54) is 44.1 Å². The van der Waals surface area contributed by atoms with Gasteiger partial charge in [-0.1, -0.05) is 31.9 Å². The van der Waals surface area contributed by atoms with Crippen LogP contribution in [-0.4, -0.2) is 11.1 Å². The van der Waals surface area contributed by atoms with Crippen LogP contribution in [0.15, 0.2) is 11.6 Å². The zero-order chi connectivity index (χ0) is 15.5. The average Bonchev–Trinajstić information content (AvgIpc) is 2.88. The molecule has 0 spiro atoms. The van der Waals surface area contributed by atoms with Crippen molar-refractivity contribution < 1.29 is 9.90 Å². The normalized spacial score (nSPS) is 50.5. The quantitative estimate of drug-likeness (QED) is 0.689. The van der Waals surface area contributed by atoms with Crippen LogP contribution in [0, 0.1) is 34.5 Å². The van der Waals surface area contributed by atoms with Gasteiger partial charge < -0.3 is 5.11 Å². The number of aliphatic carboxylic acids is 1. The number of hydrogen-bond acceptors (Lipinski definition) is 1. The minimum Gasteiger partial charge on any atom is -0.481 e. The first-order chi connectivity index (χ1) is 10.4. The Morgan fingerprint density at radius 1 is 1.14 bits per heavy atom. The summed E-state index contributed by atoms with van der Waals surface area (Å²) in [7, 11) is 0. The van der Waals surface area contributed by atoms with E-state index in [4.69, 9.17) is 0 Å². The van der Waals surface area contributed by atoms with Crippen LogP contribution in [0.2, 0.25) is 0 Å². The fourth-order valence-electron chi connectivity index (χ4n) is 6.86. The fraction of sp³-hybridized carbons (Fsp3) is 0.850. The van der Waals surface area contributed by atoms with E-state index in [9.17, 15) is 9.90 Å². The lowest BCUT2D eigenvalue weighted by atomic mass is 9.47. The summed E-state index contributed by atoms with van der Waals surface area (Å²) < 4.78 is 0. The molecule has 1 N–H and O–H groups in total. The average molecular weight is 302 g/mol. The molecule has 0 aromatic carbocycles. The van der Waals surface area contributed by atoms with Crippen molar-refractivity contribution in [2.45, 2.75) is 71.6 Å². The summed E-state index contributed by atoms with van der Waals surface area (Å²) in [6, 6.07) is 0. The molecule has 22 heavy (non-hydrogen) atoms. The minimum atomic E-state index is -0.586. The van der Waals surface area contributed by atoms with Crippen LogP contribution in [0.4, 0.5) is 0 Å². The zero-order valence-corrected chi connectivity index (χ0v) is 14.1. The Bertz CT molecular complexity index is 522. The number of hydrogen-bond donors (Lipinski definition) is 1. The minimum absolute atomic E-state index is 0.129. The smallest absolute Gasteiger partial charge is 0.306 e. The van der Waals surface area contributed by atoms with E-state index in [2.05, 4.69) is 19.9 Å².